The molecule has 0 spiro atoms. The van der Waals surface area contributed by atoms with Crippen LogP contribution in [0.5, 0.6) is 0 Å². The third kappa shape index (κ3) is 2.55. The Morgan fingerprint density at radius 2 is 1.72 bits per heavy atom. The summed E-state index contributed by atoms with van der Waals surface area (Å²) in [6, 6.07) is 10.2. The molecule has 0 fully saturated rings. The first-order chi connectivity index (χ1) is 8.61. The van der Waals surface area contributed by atoms with Gasteiger partial charge in [0.1, 0.15) is 11.6 Å². The van der Waals surface area contributed by atoms with E-state index in [1.165, 1.54) is 0 Å². The normalized spacial score (nSPS) is 12.4. The van der Waals surface area contributed by atoms with Gasteiger partial charge in [-0.05, 0) is 30.7 Å². The van der Waals surface area contributed by atoms with Crippen molar-refractivity contribution in [2.75, 3.05) is 0 Å². The minimum atomic E-state index is -0.568. The molecule has 94 valence electrons. The molecule has 0 heterocycles. The fourth-order valence-corrected chi connectivity index (χ4v) is 1.86. The number of benzene rings is 2. The van der Waals surface area contributed by atoms with Gasteiger partial charge >= 0.3 is 0 Å². The van der Waals surface area contributed by atoms with E-state index < -0.39 is 17.7 Å². The second-order valence-electron chi connectivity index (χ2n) is 4.18. The molecule has 18 heavy (non-hydrogen) atoms. The number of hydrazine groups is 1. The summed E-state index contributed by atoms with van der Waals surface area (Å²) in [6.45, 7) is 1.96. The van der Waals surface area contributed by atoms with Crippen molar-refractivity contribution in [3.8, 4) is 0 Å². The van der Waals surface area contributed by atoms with Gasteiger partial charge < -0.3 is 0 Å². The van der Waals surface area contributed by atoms with Crippen molar-refractivity contribution in [3.05, 3.63) is 70.8 Å². The summed E-state index contributed by atoms with van der Waals surface area (Å²) in [5.41, 5.74) is 4.59. The van der Waals surface area contributed by atoms with Crippen LogP contribution in [0, 0.1) is 18.6 Å². The molecule has 3 N–H and O–H groups in total. The van der Waals surface area contributed by atoms with Crippen molar-refractivity contribution in [2.24, 2.45) is 5.84 Å². The SMILES string of the molecule is Cc1ccc(C(NN)c2cc(F)ccc2F)cc1. The number of rotatable bonds is 3. The average Bonchev–Trinajstić information content (AvgIpc) is 2.37. The van der Waals surface area contributed by atoms with Crippen molar-refractivity contribution in [1.29, 1.82) is 0 Å². The lowest BCUT2D eigenvalue weighted by atomic mass is 9.98. The maximum absolute atomic E-state index is 13.7. The number of nitrogens with one attached hydrogen (secondary N) is 1. The smallest absolute Gasteiger partial charge is 0.128 e. The van der Waals surface area contributed by atoms with Crippen LogP contribution in [-0.2, 0) is 0 Å². The summed E-state index contributed by atoms with van der Waals surface area (Å²) >= 11 is 0. The lowest BCUT2D eigenvalue weighted by Crippen LogP contribution is -2.29. The van der Waals surface area contributed by atoms with Crippen molar-refractivity contribution in [2.45, 2.75) is 13.0 Å². The number of halogens is 2. The number of aryl methyl sites for hydroxylation is 1. The van der Waals surface area contributed by atoms with Crippen LogP contribution in [0.2, 0.25) is 0 Å². The van der Waals surface area contributed by atoms with E-state index in [1.807, 2.05) is 31.2 Å². The van der Waals surface area contributed by atoms with E-state index in [9.17, 15) is 8.78 Å². The maximum atomic E-state index is 13.7. The Kier molecular flexibility index (Phi) is 3.69. The Morgan fingerprint density at radius 3 is 2.33 bits per heavy atom. The second kappa shape index (κ2) is 5.25. The van der Waals surface area contributed by atoms with Gasteiger partial charge in [0.05, 0.1) is 6.04 Å². The zero-order chi connectivity index (χ0) is 13.1. The predicted octanol–water partition coefficient (Wildman–Crippen LogP) is 2.83. The van der Waals surface area contributed by atoms with E-state index in [-0.39, 0.29) is 5.56 Å². The van der Waals surface area contributed by atoms with Gasteiger partial charge in [0.15, 0.2) is 0 Å². The maximum Gasteiger partial charge on any atom is 0.128 e. The molecule has 0 saturated heterocycles. The van der Waals surface area contributed by atoms with Crippen molar-refractivity contribution in [1.82, 2.24) is 5.43 Å². The van der Waals surface area contributed by atoms with Crippen LogP contribution in [0.25, 0.3) is 0 Å². The summed E-state index contributed by atoms with van der Waals surface area (Å²) < 4.78 is 26.9. The van der Waals surface area contributed by atoms with Crippen LogP contribution in [0.15, 0.2) is 42.5 Å². The van der Waals surface area contributed by atoms with Crippen LogP contribution < -0.4 is 11.3 Å². The lowest BCUT2D eigenvalue weighted by molar-refractivity contribution is 0.545. The number of nitrogens with two attached hydrogens (primary N) is 1. The first-order valence-electron chi connectivity index (χ1n) is 5.59. The van der Waals surface area contributed by atoms with Crippen LogP contribution in [-0.4, -0.2) is 0 Å². The van der Waals surface area contributed by atoms with E-state index in [0.29, 0.717) is 0 Å². The molecule has 1 atom stereocenters. The van der Waals surface area contributed by atoms with E-state index in [1.54, 1.807) is 0 Å². The first-order valence-corrected chi connectivity index (χ1v) is 5.59. The second-order valence-corrected chi connectivity index (χ2v) is 4.18. The molecular formula is C14H14F2N2. The molecule has 0 amide bonds. The Morgan fingerprint density at radius 1 is 1.06 bits per heavy atom. The zero-order valence-corrected chi connectivity index (χ0v) is 9.95. The summed E-state index contributed by atoms with van der Waals surface area (Å²) in [7, 11) is 0. The van der Waals surface area contributed by atoms with Gasteiger partial charge in [-0.1, -0.05) is 29.8 Å². The molecule has 0 aliphatic rings. The molecule has 2 nitrogen and oxygen atoms in total. The van der Waals surface area contributed by atoms with E-state index >= 15 is 0 Å². The van der Waals surface area contributed by atoms with Crippen molar-refractivity contribution >= 4 is 0 Å². The fourth-order valence-electron chi connectivity index (χ4n) is 1.86. The topological polar surface area (TPSA) is 38.0 Å². The largest absolute Gasteiger partial charge is 0.271 e. The van der Waals surface area contributed by atoms with Gasteiger partial charge in [-0.3, -0.25) is 5.84 Å². The highest BCUT2D eigenvalue weighted by Crippen LogP contribution is 2.24. The molecule has 0 saturated carbocycles. The van der Waals surface area contributed by atoms with Gasteiger partial charge in [0.2, 0.25) is 0 Å². The van der Waals surface area contributed by atoms with Crippen LogP contribution in [0.4, 0.5) is 8.78 Å². The van der Waals surface area contributed by atoms with Crippen molar-refractivity contribution < 1.29 is 8.78 Å². The Bertz CT molecular complexity index is 538. The number of hydrogen-bond acceptors (Lipinski definition) is 2. The standard InChI is InChI=1S/C14H14F2N2/c1-9-2-4-10(5-3-9)14(18-17)12-8-11(15)6-7-13(12)16/h2-8,14,18H,17H2,1H3. The van der Waals surface area contributed by atoms with Gasteiger partial charge in [-0.15, -0.1) is 0 Å². The third-order valence-electron chi connectivity index (χ3n) is 2.85. The van der Waals surface area contributed by atoms with Gasteiger partial charge in [0, 0.05) is 5.56 Å². The van der Waals surface area contributed by atoms with Crippen LogP contribution in [0.3, 0.4) is 0 Å². The molecular weight excluding hydrogens is 234 g/mol. The van der Waals surface area contributed by atoms with E-state index in [2.05, 4.69) is 5.43 Å². The minimum Gasteiger partial charge on any atom is -0.271 e. The molecule has 4 heteroatoms. The molecule has 2 aromatic rings. The van der Waals surface area contributed by atoms with E-state index in [0.717, 1.165) is 29.3 Å². The van der Waals surface area contributed by atoms with Crippen LogP contribution >= 0.6 is 0 Å². The highest BCUT2D eigenvalue weighted by molar-refractivity contribution is 5.34. The highest BCUT2D eigenvalue weighted by atomic mass is 19.1. The minimum absolute atomic E-state index is 0.196. The molecule has 1 unspecified atom stereocenters. The molecule has 0 radical (unpaired) electrons. The summed E-state index contributed by atoms with van der Waals surface area (Å²) in [5, 5.41) is 0. The quantitative estimate of drug-likeness (QED) is 0.647. The molecule has 0 bridgehead atoms. The predicted molar refractivity (Wildman–Crippen MR) is 66.7 cm³/mol. The fraction of sp³-hybridized carbons (Fsp3) is 0.143. The summed E-state index contributed by atoms with van der Waals surface area (Å²) in [4.78, 5) is 0. The third-order valence-corrected chi connectivity index (χ3v) is 2.85. The van der Waals surface area contributed by atoms with Crippen LogP contribution in [0.1, 0.15) is 22.7 Å². The van der Waals surface area contributed by atoms with Gasteiger partial charge in [-0.25, -0.2) is 14.2 Å². The monoisotopic (exact) mass is 248 g/mol. The zero-order valence-electron chi connectivity index (χ0n) is 9.95. The van der Waals surface area contributed by atoms with E-state index in [4.69, 9.17) is 5.84 Å². The summed E-state index contributed by atoms with van der Waals surface area (Å²) in [5.74, 6) is 4.48. The molecule has 0 aliphatic heterocycles. The van der Waals surface area contributed by atoms with Crippen molar-refractivity contribution in [3.63, 3.8) is 0 Å². The Labute approximate surface area is 104 Å². The highest BCUT2D eigenvalue weighted by Gasteiger charge is 2.17. The summed E-state index contributed by atoms with van der Waals surface area (Å²) in [6.07, 6.45) is 0. The molecule has 2 rings (SSSR count). The van der Waals surface area contributed by atoms with Gasteiger partial charge in [-0.2, -0.15) is 0 Å². The first kappa shape index (κ1) is 12.7. The molecule has 0 aromatic heterocycles. The number of hydrogen-bond donors (Lipinski definition) is 2. The van der Waals surface area contributed by atoms with Gasteiger partial charge in [0.25, 0.3) is 0 Å². The average molecular weight is 248 g/mol. The molecule has 0 aliphatic carbocycles. The Balaban J connectivity index is 2.44. The lowest BCUT2D eigenvalue weighted by Gasteiger charge is -2.17. The molecule has 2 aromatic carbocycles. The Hall–Kier alpha value is -1.78.